The highest BCUT2D eigenvalue weighted by molar-refractivity contribution is 8.02. The number of aromatic nitrogens is 2. The van der Waals surface area contributed by atoms with E-state index in [0.717, 1.165) is 11.4 Å². The van der Waals surface area contributed by atoms with Crippen LogP contribution in [-0.2, 0) is 4.79 Å². The van der Waals surface area contributed by atoms with Gasteiger partial charge in [0.25, 0.3) is 0 Å². The van der Waals surface area contributed by atoms with Gasteiger partial charge in [-0.3, -0.25) is 4.79 Å². The van der Waals surface area contributed by atoms with Crippen LogP contribution < -0.4 is 15.4 Å². The third-order valence-corrected chi connectivity index (χ3v) is 5.66. The fourth-order valence-corrected chi connectivity index (χ4v) is 4.16. The van der Waals surface area contributed by atoms with E-state index >= 15 is 0 Å². The molecule has 1 amide bonds. The number of thioether (sulfide) groups is 1. The van der Waals surface area contributed by atoms with Crippen LogP contribution in [-0.4, -0.2) is 28.5 Å². The van der Waals surface area contributed by atoms with Gasteiger partial charge < -0.3 is 15.4 Å². The maximum absolute atomic E-state index is 12.4. The quantitative estimate of drug-likeness (QED) is 0.560. The largest absolute Gasteiger partial charge is 0.497 e. The Kier molecular flexibility index (Phi) is 6.47. The summed E-state index contributed by atoms with van der Waals surface area (Å²) < 4.78 is 5.88. The molecule has 0 aliphatic carbocycles. The molecule has 7 nitrogen and oxygen atoms in total. The van der Waals surface area contributed by atoms with Crippen molar-refractivity contribution in [3.8, 4) is 11.8 Å². The molecule has 9 heteroatoms. The van der Waals surface area contributed by atoms with Gasteiger partial charge in [-0.15, -0.1) is 10.2 Å². The summed E-state index contributed by atoms with van der Waals surface area (Å²) in [5, 5.41) is 23.4. The van der Waals surface area contributed by atoms with Gasteiger partial charge in [0.15, 0.2) is 4.34 Å². The summed E-state index contributed by atoms with van der Waals surface area (Å²) in [5.41, 5.74) is 1.93. The number of nitrogens with one attached hydrogen (secondary N) is 2. The number of carbonyl (C=O) groups excluding carboxylic acids is 1. The van der Waals surface area contributed by atoms with Gasteiger partial charge in [0.05, 0.1) is 24.0 Å². The molecule has 28 heavy (non-hydrogen) atoms. The zero-order valence-corrected chi connectivity index (χ0v) is 16.8. The van der Waals surface area contributed by atoms with E-state index in [0.29, 0.717) is 20.7 Å². The zero-order chi connectivity index (χ0) is 19.9. The fraction of sp³-hybridized carbons (Fsp3) is 0.158. The molecule has 2 N–H and O–H groups in total. The lowest BCUT2D eigenvalue weighted by Crippen LogP contribution is -2.22. The number of amides is 1. The summed E-state index contributed by atoms with van der Waals surface area (Å²) in [7, 11) is 1.61. The van der Waals surface area contributed by atoms with Crippen LogP contribution in [0.25, 0.3) is 0 Å². The summed E-state index contributed by atoms with van der Waals surface area (Å²) in [6.07, 6.45) is 0. The Balaban J connectivity index is 1.59. The van der Waals surface area contributed by atoms with E-state index in [-0.39, 0.29) is 11.2 Å². The second kappa shape index (κ2) is 9.21. The van der Waals surface area contributed by atoms with E-state index in [2.05, 4.69) is 26.9 Å². The number of anilines is 3. The first-order valence-corrected chi connectivity index (χ1v) is 9.99. The predicted octanol–water partition coefficient (Wildman–Crippen LogP) is 4.28. The number of hydrogen-bond acceptors (Lipinski definition) is 8. The first-order valence-electron chi connectivity index (χ1n) is 8.29. The number of rotatable bonds is 7. The van der Waals surface area contributed by atoms with Crippen LogP contribution in [0.15, 0.2) is 52.9 Å². The minimum Gasteiger partial charge on any atom is -0.497 e. The Hall–Kier alpha value is -3.09. The van der Waals surface area contributed by atoms with Gasteiger partial charge in [-0.1, -0.05) is 35.2 Å². The highest BCUT2D eigenvalue weighted by Gasteiger charge is 2.17. The van der Waals surface area contributed by atoms with Crippen molar-refractivity contribution < 1.29 is 9.53 Å². The standard InChI is InChI=1S/C19H17N5O2S2/c1-12(17(25)21-14-6-3-5-13(9-14)11-20)27-19-24-23-18(28-19)22-15-7-4-8-16(10-15)26-2/h3-10,12H,1-2H3,(H,21,25)(H,22,23)/t12-/m1/s1. The number of methoxy groups -OCH3 is 1. The molecular weight excluding hydrogens is 394 g/mol. The Labute approximate surface area is 170 Å². The average Bonchev–Trinajstić information content (AvgIpc) is 3.14. The van der Waals surface area contributed by atoms with Crippen molar-refractivity contribution in [3.05, 3.63) is 54.1 Å². The SMILES string of the molecule is COc1cccc(Nc2nnc(S[C@H](C)C(=O)Nc3cccc(C#N)c3)s2)c1. The van der Waals surface area contributed by atoms with Crippen molar-refractivity contribution in [2.24, 2.45) is 0 Å². The van der Waals surface area contributed by atoms with E-state index in [1.54, 1.807) is 38.3 Å². The average molecular weight is 412 g/mol. The lowest BCUT2D eigenvalue weighted by molar-refractivity contribution is -0.115. The van der Waals surface area contributed by atoms with Gasteiger partial charge in [-0.2, -0.15) is 5.26 Å². The van der Waals surface area contributed by atoms with E-state index in [9.17, 15) is 4.79 Å². The summed E-state index contributed by atoms with van der Waals surface area (Å²) in [6, 6.07) is 16.4. The van der Waals surface area contributed by atoms with E-state index in [4.69, 9.17) is 10.00 Å². The summed E-state index contributed by atoms with van der Waals surface area (Å²) >= 11 is 2.69. The number of hydrogen-bond donors (Lipinski definition) is 2. The molecule has 2 aromatic carbocycles. The van der Waals surface area contributed by atoms with E-state index in [1.807, 2.05) is 24.3 Å². The van der Waals surface area contributed by atoms with Crippen LogP contribution >= 0.6 is 23.1 Å². The molecule has 142 valence electrons. The molecule has 0 fully saturated rings. The Morgan fingerprint density at radius 1 is 1.21 bits per heavy atom. The Bertz CT molecular complexity index is 1020. The highest BCUT2D eigenvalue weighted by Crippen LogP contribution is 2.31. The summed E-state index contributed by atoms with van der Waals surface area (Å²) in [6.45, 7) is 1.80. The van der Waals surface area contributed by atoms with Gasteiger partial charge in [0.1, 0.15) is 5.75 Å². The lowest BCUT2D eigenvalue weighted by atomic mass is 10.2. The van der Waals surface area contributed by atoms with Crippen LogP contribution in [0.5, 0.6) is 5.75 Å². The molecule has 0 aliphatic rings. The maximum Gasteiger partial charge on any atom is 0.237 e. The minimum atomic E-state index is -0.372. The molecule has 1 atom stereocenters. The second-order valence-corrected chi connectivity index (χ2v) is 8.24. The Morgan fingerprint density at radius 2 is 2.00 bits per heavy atom. The lowest BCUT2D eigenvalue weighted by Gasteiger charge is -2.10. The number of benzene rings is 2. The first kappa shape index (κ1) is 19.7. The molecule has 1 aromatic heterocycles. The topological polar surface area (TPSA) is 99.9 Å². The molecule has 0 spiro atoms. The Morgan fingerprint density at radius 3 is 2.79 bits per heavy atom. The summed E-state index contributed by atoms with van der Waals surface area (Å²) in [5.74, 6) is 0.576. The van der Waals surface area contributed by atoms with Gasteiger partial charge in [-0.05, 0) is 37.3 Å². The maximum atomic E-state index is 12.4. The number of nitrogens with zero attached hydrogens (tertiary/aromatic N) is 3. The third-order valence-electron chi connectivity index (χ3n) is 3.63. The molecule has 1 heterocycles. The monoisotopic (exact) mass is 411 g/mol. The van der Waals surface area contributed by atoms with Crippen molar-refractivity contribution in [2.75, 3.05) is 17.7 Å². The second-order valence-electron chi connectivity index (χ2n) is 5.67. The molecule has 0 unspecified atom stereocenters. The number of ether oxygens (including phenoxy) is 1. The molecule has 0 aliphatic heterocycles. The van der Waals surface area contributed by atoms with Gasteiger partial charge in [0, 0.05) is 17.4 Å². The molecule has 0 bridgehead atoms. The smallest absolute Gasteiger partial charge is 0.237 e. The van der Waals surface area contributed by atoms with Gasteiger partial charge >= 0.3 is 0 Å². The van der Waals surface area contributed by atoms with Crippen LogP contribution in [0.2, 0.25) is 0 Å². The van der Waals surface area contributed by atoms with Crippen LogP contribution in [0.4, 0.5) is 16.5 Å². The van der Waals surface area contributed by atoms with Gasteiger partial charge in [-0.25, -0.2) is 0 Å². The van der Waals surface area contributed by atoms with Crippen molar-refractivity contribution in [3.63, 3.8) is 0 Å². The highest BCUT2D eigenvalue weighted by atomic mass is 32.2. The zero-order valence-electron chi connectivity index (χ0n) is 15.2. The molecule has 0 saturated heterocycles. The van der Waals surface area contributed by atoms with Crippen LogP contribution in [0, 0.1) is 11.3 Å². The van der Waals surface area contributed by atoms with Crippen molar-refractivity contribution >= 4 is 45.5 Å². The molecule has 0 radical (unpaired) electrons. The third kappa shape index (κ3) is 5.22. The summed E-state index contributed by atoms with van der Waals surface area (Å²) in [4.78, 5) is 12.4. The number of nitriles is 1. The molecule has 0 saturated carbocycles. The molecule has 3 aromatic rings. The number of carbonyl (C=O) groups is 1. The van der Waals surface area contributed by atoms with E-state index in [1.165, 1.54) is 23.1 Å². The first-order chi connectivity index (χ1) is 13.6. The van der Waals surface area contributed by atoms with Crippen LogP contribution in [0.3, 0.4) is 0 Å². The molecule has 3 rings (SSSR count). The van der Waals surface area contributed by atoms with Crippen molar-refractivity contribution in [1.29, 1.82) is 5.26 Å². The molecular formula is C19H17N5O2S2. The van der Waals surface area contributed by atoms with Gasteiger partial charge in [0.2, 0.25) is 11.0 Å². The van der Waals surface area contributed by atoms with E-state index < -0.39 is 0 Å². The van der Waals surface area contributed by atoms with Crippen molar-refractivity contribution in [2.45, 2.75) is 16.5 Å². The normalized spacial score (nSPS) is 11.3. The van der Waals surface area contributed by atoms with Crippen molar-refractivity contribution in [1.82, 2.24) is 10.2 Å². The fourth-order valence-electron chi connectivity index (χ4n) is 2.25. The van der Waals surface area contributed by atoms with Crippen LogP contribution in [0.1, 0.15) is 12.5 Å². The predicted molar refractivity (Wildman–Crippen MR) is 111 cm³/mol. The minimum absolute atomic E-state index is 0.169.